The Morgan fingerprint density at radius 3 is 2.91 bits per heavy atom. The number of rotatable bonds is 1. The van der Waals surface area contributed by atoms with Gasteiger partial charge in [-0.1, -0.05) is 12.1 Å². The van der Waals surface area contributed by atoms with Crippen molar-refractivity contribution in [2.75, 3.05) is 13.1 Å². The van der Waals surface area contributed by atoms with Gasteiger partial charge in [0.1, 0.15) is 5.60 Å². The molecule has 22 heavy (non-hydrogen) atoms. The average Bonchev–Trinajstić information content (AvgIpc) is 2.89. The summed E-state index contributed by atoms with van der Waals surface area (Å²) in [5.74, 6) is 0. The van der Waals surface area contributed by atoms with E-state index < -0.39 is 5.60 Å². The third-order valence-electron chi connectivity index (χ3n) is 3.55. The van der Waals surface area contributed by atoms with Crippen LogP contribution in [0.25, 0.3) is 11.1 Å². The van der Waals surface area contributed by atoms with Crippen molar-refractivity contribution in [1.29, 1.82) is 0 Å². The van der Waals surface area contributed by atoms with Gasteiger partial charge in [-0.15, -0.1) is 0 Å². The molecule has 0 saturated carbocycles. The summed E-state index contributed by atoms with van der Waals surface area (Å²) in [6.07, 6.45) is 6.50. The summed E-state index contributed by atoms with van der Waals surface area (Å²) in [5, 5.41) is 0. The van der Waals surface area contributed by atoms with Crippen molar-refractivity contribution in [2.24, 2.45) is 0 Å². The molecule has 1 aliphatic heterocycles. The summed E-state index contributed by atoms with van der Waals surface area (Å²) < 4.78 is 7.45. The van der Waals surface area contributed by atoms with Crippen LogP contribution < -0.4 is 0 Å². The van der Waals surface area contributed by atoms with Gasteiger partial charge in [-0.25, -0.2) is 9.78 Å². The molecule has 1 amide bonds. The molecule has 0 aliphatic carbocycles. The van der Waals surface area contributed by atoms with Crippen LogP contribution in [-0.4, -0.2) is 39.1 Å². The normalized spacial score (nSPS) is 15.8. The van der Waals surface area contributed by atoms with Gasteiger partial charge in [0.15, 0.2) is 0 Å². The molecule has 0 radical (unpaired) electrons. The van der Waals surface area contributed by atoms with Crippen LogP contribution in [0.1, 0.15) is 32.9 Å². The second-order valence-electron chi connectivity index (χ2n) is 6.51. The zero-order valence-electron chi connectivity index (χ0n) is 13.2. The Labute approximate surface area is 130 Å². The van der Waals surface area contributed by atoms with Crippen molar-refractivity contribution in [3.8, 4) is 0 Å². The number of carbonyl (C=O) groups is 1. The Kier molecular flexibility index (Phi) is 3.64. The third kappa shape index (κ3) is 2.98. The maximum Gasteiger partial charge on any atom is 0.410 e. The van der Waals surface area contributed by atoms with Gasteiger partial charge < -0.3 is 14.0 Å². The minimum Gasteiger partial charge on any atom is -0.444 e. The molecule has 0 saturated heterocycles. The van der Waals surface area contributed by atoms with Crippen molar-refractivity contribution < 1.29 is 9.53 Å². The molecule has 116 valence electrons. The quantitative estimate of drug-likeness (QED) is 0.811. The van der Waals surface area contributed by atoms with E-state index >= 15 is 0 Å². The van der Waals surface area contributed by atoms with Gasteiger partial charge in [0.2, 0.25) is 0 Å². The predicted octanol–water partition coefficient (Wildman–Crippen LogP) is 3.36. The van der Waals surface area contributed by atoms with E-state index in [9.17, 15) is 4.79 Å². The first-order valence-electron chi connectivity index (χ1n) is 7.53. The summed E-state index contributed by atoms with van der Waals surface area (Å²) >= 11 is 0. The van der Waals surface area contributed by atoms with Gasteiger partial charge in [-0.3, -0.25) is 0 Å². The highest BCUT2D eigenvalue weighted by atomic mass is 16.6. The smallest absolute Gasteiger partial charge is 0.410 e. The molecule has 0 spiro atoms. The van der Waals surface area contributed by atoms with E-state index in [1.807, 2.05) is 49.6 Å². The Bertz CT molecular complexity index is 725. The highest BCUT2D eigenvalue weighted by Crippen LogP contribution is 2.24. The molecule has 0 unspecified atom stereocenters. The lowest BCUT2D eigenvalue weighted by molar-refractivity contribution is 0.0273. The lowest BCUT2D eigenvalue weighted by Crippen LogP contribution is -2.39. The molecule has 3 heterocycles. The van der Waals surface area contributed by atoms with Gasteiger partial charge in [0.05, 0.1) is 24.1 Å². The number of pyridine rings is 1. The Balaban J connectivity index is 1.81. The third-order valence-corrected chi connectivity index (χ3v) is 3.55. The molecule has 1 aliphatic rings. The van der Waals surface area contributed by atoms with Crippen LogP contribution in [0.4, 0.5) is 4.79 Å². The monoisotopic (exact) mass is 299 g/mol. The Hall–Kier alpha value is -2.30. The summed E-state index contributed by atoms with van der Waals surface area (Å²) in [7, 11) is 0. The molecule has 5 nitrogen and oxygen atoms in total. The molecule has 2 aromatic rings. The standard InChI is InChI=1S/C17H21N3O2/c1-17(2,3)22-16(21)19-10-6-7-13(11-19)15-14-8-4-5-9-20(14)12-18-15/h4-5,7-9,12H,6,10-11H2,1-3H3. The molecule has 0 N–H and O–H groups in total. The summed E-state index contributed by atoms with van der Waals surface area (Å²) in [5.41, 5.74) is 2.60. The number of imidazole rings is 1. The number of amides is 1. The Morgan fingerprint density at radius 1 is 1.32 bits per heavy atom. The lowest BCUT2D eigenvalue weighted by Gasteiger charge is -2.30. The molecule has 2 aromatic heterocycles. The predicted molar refractivity (Wildman–Crippen MR) is 85.6 cm³/mol. The van der Waals surface area contributed by atoms with Gasteiger partial charge in [0, 0.05) is 12.7 Å². The maximum atomic E-state index is 12.2. The summed E-state index contributed by atoms with van der Waals surface area (Å²) in [4.78, 5) is 18.5. The van der Waals surface area contributed by atoms with Gasteiger partial charge >= 0.3 is 6.09 Å². The molecular formula is C17H21N3O2. The van der Waals surface area contributed by atoms with E-state index in [4.69, 9.17) is 4.74 Å². The molecule has 5 heteroatoms. The van der Waals surface area contributed by atoms with Crippen molar-refractivity contribution in [3.63, 3.8) is 0 Å². The number of fused-ring (bicyclic) bond motifs is 1. The molecule has 0 atom stereocenters. The van der Waals surface area contributed by atoms with E-state index in [1.165, 1.54) is 0 Å². The van der Waals surface area contributed by atoms with Crippen LogP contribution in [0.15, 0.2) is 36.8 Å². The zero-order valence-corrected chi connectivity index (χ0v) is 13.2. The first-order valence-corrected chi connectivity index (χ1v) is 7.53. The van der Waals surface area contributed by atoms with Crippen LogP contribution in [0.2, 0.25) is 0 Å². The van der Waals surface area contributed by atoms with Crippen LogP contribution in [0.5, 0.6) is 0 Å². The number of aromatic nitrogens is 2. The van der Waals surface area contributed by atoms with Crippen LogP contribution in [-0.2, 0) is 4.74 Å². The van der Waals surface area contributed by atoms with Gasteiger partial charge in [-0.05, 0) is 44.9 Å². The summed E-state index contributed by atoms with van der Waals surface area (Å²) in [6, 6.07) is 6.01. The number of hydrogen-bond acceptors (Lipinski definition) is 3. The van der Waals surface area contributed by atoms with Crippen LogP contribution in [0.3, 0.4) is 0 Å². The lowest BCUT2D eigenvalue weighted by atomic mass is 10.1. The minimum absolute atomic E-state index is 0.262. The largest absolute Gasteiger partial charge is 0.444 e. The second kappa shape index (κ2) is 5.48. The fraction of sp³-hybridized carbons (Fsp3) is 0.412. The van der Waals surface area contributed by atoms with E-state index in [0.717, 1.165) is 23.2 Å². The Morgan fingerprint density at radius 2 is 2.14 bits per heavy atom. The van der Waals surface area contributed by atoms with Gasteiger partial charge in [0.25, 0.3) is 0 Å². The second-order valence-corrected chi connectivity index (χ2v) is 6.51. The number of hydrogen-bond donors (Lipinski definition) is 0. The van der Waals surface area contributed by atoms with E-state index in [-0.39, 0.29) is 6.09 Å². The molecule has 0 bridgehead atoms. The average molecular weight is 299 g/mol. The van der Waals surface area contributed by atoms with Crippen molar-refractivity contribution in [1.82, 2.24) is 14.3 Å². The minimum atomic E-state index is -0.473. The number of nitrogens with zero attached hydrogens (tertiary/aromatic N) is 3. The first-order chi connectivity index (χ1) is 10.4. The van der Waals surface area contributed by atoms with Crippen molar-refractivity contribution in [2.45, 2.75) is 32.8 Å². The maximum absolute atomic E-state index is 12.2. The number of carbonyl (C=O) groups excluding carboxylic acids is 1. The van der Waals surface area contributed by atoms with Gasteiger partial charge in [-0.2, -0.15) is 0 Å². The zero-order chi connectivity index (χ0) is 15.7. The fourth-order valence-electron chi connectivity index (χ4n) is 2.59. The molecule has 3 rings (SSSR count). The van der Waals surface area contributed by atoms with Crippen molar-refractivity contribution >= 4 is 17.2 Å². The van der Waals surface area contributed by atoms with E-state index in [2.05, 4.69) is 11.1 Å². The highest BCUT2D eigenvalue weighted by Gasteiger charge is 2.25. The van der Waals surface area contributed by atoms with Crippen LogP contribution >= 0.6 is 0 Å². The molecule has 0 fully saturated rings. The topological polar surface area (TPSA) is 46.8 Å². The first kappa shape index (κ1) is 14.6. The van der Waals surface area contributed by atoms with Crippen LogP contribution in [0, 0.1) is 0 Å². The van der Waals surface area contributed by atoms with Crippen molar-refractivity contribution in [3.05, 3.63) is 42.5 Å². The van der Waals surface area contributed by atoms with E-state index in [0.29, 0.717) is 13.1 Å². The molecule has 0 aromatic carbocycles. The summed E-state index contributed by atoms with van der Waals surface area (Å²) in [6.45, 7) is 6.87. The highest BCUT2D eigenvalue weighted by molar-refractivity contribution is 5.80. The molecular weight excluding hydrogens is 278 g/mol. The fourth-order valence-corrected chi connectivity index (χ4v) is 2.59. The van der Waals surface area contributed by atoms with E-state index in [1.54, 1.807) is 11.2 Å². The number of ether oxygens (including phenoxy) is 1. The SMILES string of the molecule is CC(C)(C)OC(=O)N1CCC=C(c2ncn3ccccc23)C1.